The molecule has 1 saturated heterocycles. The van der Waals surface area contributed by atoms with E-state index in [9.17, 15) is 0 Å². The summed E-state index contributed by atoms with van der Waals surface area (Å²) in [4.78, 5) is 11.7. The highest BCUT2D eigenvalue weighted by Crippen LogP contribution is 2.33. The molecule has 3 rings (SSSR count). The summed E-state index contributed by atoms with van der Waals surface area (Å²) in [7, 11) is 1.76. The summed E-state index contributed by atoms with van der Waals surface area (Å²) in [5, 5.41) is 3.59. The zero-order valence-electron chi connectivity index (χ0n) is 13.1. The van der Waals surface area contributed by atoms with Gasteiger partial charge in [-0.1, -0.05) is 12.8 Å². The molecule has 0 unspecified atom stereocenters. The molecule has 1 aliphatic carbocycles. The number of hydrogen-bond acceptors (Lipinski definition) is 5. The van der Waals surface area contributed by atoms with E-state index in [1.807, 2.05) is 6.92 Å². The predicted octanol–water partition coefficient (Wildman–Crippen LogP) is 2.53. The second kappa shape index (κ2) is 6.71. The molecule has 1 aromatic heterocycles. The van der Waals surface area contributed by atoms with Crippen LogP contribution in [-0.2, 0) is 4.74 Å². The molecule has 2 fully saturated rings. The quantitative estimate of drug-likeness (QED) is 0.872. The van der Waals surface area contributed by atoms with Crippen LogP contribution in [0.25, 0.3) is 0 Å². The van der Waals surface area contributed by atoms with E-state index in [4.69, 9.17) is 4.74 Å². The van der Waals surface area contributed by atoms with E-state index in [2.05, 4.69) is 26.3 Å². The second-order valence-electron chi connectivity index (χ2n) is 6.18. The maximum absolute atomic E-state index is 5.18. The van der Waals surface area contributed by atoms with Crippen molar-refractivity contribution in [2.75, 3.05) is 32.1 Å². The fraction of sp³-hybridized carbons (Fsp3) is 0.750. The number of nitrogens with zero attached hydrogens (tertiary/aromatic N) is 3. The van der Waals surface area contributed by atoms with Gasteiger partial charge in [0.15, 0.2) is 0 Å². The van der Waals surface area contributed by atoms with Crippen molar-refractivity contribution in [1.29, 1.82) is 0 Å². The first-order valence-electron chi connectivity index (χ1n) is 8.11. The lowest BCUT2D eigenvalue weighted by Crippen LogP contribution is -2.43. The molecule has 1 saturated carbocycles. The molecule has 0 radical (unpaired) electrons. The summed E-state index contributed by atoms with van der Waals surface area (Å²) < 4.78 is 5.18. The van der Waals surface area contributed by atoms with Gasteiger partial charge in [-0.15, -0.1) is 0 Å². The van der Waals surface area contributed by atoms with Crippen molar-refractivity contribution >= 4 is 5.82 Å². The maximum Gasteiger partial charge on any atom is 0.130 e. The number of aromatic nitrogens is 2. The first-order chi connectivity index (χ1) is 10.3. The van der Waals surface area contributed by atoms with Crippen molar-refractivity contribution in [2.45, 2.75) is 51.1 Å². The molecule has 1 aromatic rings. The zero-order chi connectivity index (χ0) is 14.7. The summed E-state index contributed by atoms with van der Waals surface area (Å²) in [6.45, 7) is 4.90. The highest BCUT2D eigenvalue weighted by atomic mass is 16.5. The fourth-order valence-electron chi connectivity index (χ4n) is 3.37. The van der Waals surface area contributed by atoms with Crippen LogP contribution in [-0.4, -0.2) is 47.7 Å². The molecule has 2 heterocycles. The topological polar surface area (TPSA) is 50.3 Å². The number of methoxy groups -OCH3 is 1. The van der Waals surface area contributed by atoms with Crippen LogP contribution in [0.2, 0.25) is 0 Å². The largest absolute Gasteiger partial charge is 0.383 e. The van der Waals surface area contributed by atoms with Crippen molar-refractivity contribution in [3.8, 4) is 0 Å². The minimum absolute atomic E-state index is 0.436. The highest BCUT2D eigenvalue weighted by Gasteiger charge is 2.30. The zero-order valence-corrected chi connectivity index (χ0v) is 13.1. The van der Waals surface area contributed by atoms with E-state index in [-0.39, 0.29) is 0 Å². The van der Waals surface area contributed by atoms with Crippen molar-refractivity contribution in [3.05, 3.63) is 17.6 Å². The Balaban J connectivity index is 1.68. The second-order valence-corrected chi connectivity index (χ2v) is 6.18. The summed E-state index contributed by atoms with van der Waals surface area (Å²) in [5.74, 6) is 1.87. The minimum Gasteiger partial charge on any atom is -0.383 e. The Labute approximate surface area is 127 Å². The van der Waals surface area contributed by atoms with Crippen LogP contribution in [0, 0.1) is 6.92 Å². The molecule has 0 spiro atoms. The van der Waals surface area contributed by atoms with Gasteiger partial charge >= 0.3 is 0 Å². The van der Waals surface area contributed by atoms with Gasteiger partial charge in [0.05, 0.1) is 18.3 Å². The van der Waals surface area contributed by atoms with Crippen LogP contribution in [0.5, 0.6) is 0 Å². The molecule has 116 valence electrons. The maximum atomic E-state index is 5.18. The van der Waals surface area contributed by atoms with E-state index >= 15 is 0 Å². The molecule has 0 bridgehead atoms. The molecule has 1 aliphatic heterocycles. The average Bonchev–Trinajstić information content (AvgIpc) is 2.90. The third-order valence-corrected chi connectivity index (χ3v) is 4.62. The van der Waals surface area contributed by atoms with Crippen LogP contribution in [0.3, 0.4) is 0 Å². The van der Waals surface area contributed by atoms with Gasteiger partial charge in [0.25, 0.3) is 0 Å². The number of aryl methyl sites for hydroxylation is 1. The number of likely N-dealkylation sites (tertiary alicyclic amines) is 1. The normalized spacial score (nSPS) is 23.2. The van der Waals surface area contributed by atoms with Gasteiger partial charge in [0.1, 0.15) is 11.6 Å². The van der Waals surface area contributed by atoms with Crippen molar-refractivity contribution in [2.24, 2.45) is 0 Å². The summed E-state index contributed by atoms with van der Waals surface area (Å²) in [5.41, 5.74) is 1.16. The number of nitrogens with one attached hydrogen (secondary N) is 1. The van der Waals surface area contributed by atoms with Gasteiger partial charge in [-0.05, 0) is 26.2 Å². The van der Waals surface area contributed by atoms with Crippen molar-refractivity contribution in [3.63, 3.8) is 0 Å². The van der Waals surface area contributed by atoms with E-state index in [1.54, 1.807) is 7.11 Å². The van der Waals surface area contributed by atoms with Gasteiger partial charge in [-0.25, -0.2) is 9.97 Å². The van der Waals surface area contributed by atoms with Crippen LogP contribution >= 0.6 is 0 Å². The standard InChI is InChI=1S/C16H26N4O/c1-12-17-14(15-7-8-20(15)9-10-21-2)11-16(18-12)19-13-5-3-4-6-13/h11,13,15H,3-10H2,1-2H3,(H,17,18,19)/t15-/m0/s1. The van der Waals surface area contributed by atoms with E-state index in [0.717, 1.165) is 37.0 Å². The average molecular weight is 290 g/mol. The van der Waals surface area contributed by atoms with E-state index in [0.29, 0.717) is 12.1 Å². The predicted molar refractivity (Wildman–Crippen MR) is 83.5 cm³/mol. The van der Waals surface area contributed by atoms with E-state index < -0.39 is 0 Å². The number of rotatable bonds is 6. The Bertz CT molecular complexity index is 473. The molecule has 0 aromatic carbocycles. The van der Waals surface area contributed by atoms with Gasteiger partial charge in [0, 0.05) is 32.3 Å². The smallest absolute Gasteiger partial charge is 0.130 e. The molecule has 1 N–H and O–H groups in total. The summed E-state index contributed by atoms with van der Waals surface area (Å²) in [6, 6.07) is 3.18. The molecule has 0 amide bonds. The monoisotopic (exact) mass is 290 g/mol. The van der Waals surface area contributed by atoms with Gasteiger partial charge < -0.3 is 10.1 Å². The first-order valence-corrected chi connectivity index (χ1v) is 8.11. The number of anilines is 1. The minimum atomic E-state index is 0.436. The lowest BCUT2D eigenvalue weighted by atomic mass is 9.99. The Kier molecular flexibility index (Phi) is 4.70. The number of ether oxygens (including phenoxy) is 1. The molecule has 5 heteroatoms. The third kappa shape index (κ3) is 3.52. The van der Waals surface area contributed by atoms with Crippen LogP contribution in [0.4, 0.5) is 5.82 Å². The van der Waals surface area contributed by atoms with Gasteiger partial charge in [-0.3, -0.25) is 4.90 Å². The molecule has 21 heavy (non-hydrogen) atoms. The molecular weight excluding hydrogens is 264 g/mol. The molecule has 1 atom stereocenters. The van der Waals surface area contributed by atoms with Crippen LogP contribution in [0.1, 0.15) is 49.7 Å². The SMILES string of the molecule is COCCN1CC[C@H]1c1cc(NC2CCCC2)nc(C)n1. The van der Waals surface area contributed by atoms with E-state index in [1.165, 1.54) is 32.1 Å². The Morgan fingerprint density at radius 3 is 2.76 bits per heavy atom. The van der Waals surface area contributed by atoms with Crippen LogP contribution < -0.4 is 5.32 Å². The third-order valence-electron chi connectivity index (χ3n) is 4.62. The Morgan fingerprint density at radius 1 is 1.29 bits per heavy atom. The van der Waals surface area contributed by atoms with Gasteiger partial charge in [-0.2, -0.15) is 0 Å². The van der Waals surface area contributed by atoms with Crippen molar-refractivity contribution in [1.82, 2.24) is 14.9 Å². The van der Waals surface area contributed by atoms with Gasteiger partial charge in [0.2, 0.25) is 0 Å². The van der Waals surface area contributed by atoms with Crippen molar-refractivity contribution < 1.29 is 4.74 Å². The Morgan fingerprint density at radius 2 is 2.10 bits per heavy atom. The molecular formula is C16H26N4O. The lowest BCUT2D eigenvalue weighted by Gasteiger charge is -2.40. The first kappa shape index (κ1) is 14.7. The van der Waals surface area contributed by atoms with Crippen LogP contribution in [0.15, 0.2) is 6.07 Å². The highest BCUT2D eigenvalue weighted by molar-refractivity contribution is 5.38. The molecule has 2 aliphatic rings. The summed E-state index contributed by atoms with van der Waals surface area (Å²) in [6.07, 6.45) is 6.39. The fourth-order valence-corrected chi connectivity index (χ4v) is 3.37. The molecule has 5 nitrogen and oxygen atoms in total. The summed E-state index contributed by atoms with van der Waals surface area (Å²) >= 11 is 0. The Hall–Kier alpha value is -1.20. The number of hydrogen-bond donors (Lipinski definition) is 1. The lowest BCUT2D eigenvalue weighted by molar-refractivity contribution is 0.0529.